The predicted octanol–water partition coefficient (Wildman–Crippen LogP) is 0.206. The van der Waals surface area contributed by atoms with Crippen LogP contribution in [0.2, 0.25) is 0 Å². The fourth-order valence-electron chi connectivity index (χ4n) is 1.89. The third kappa shape index (κ3) is 2.67. The second-order valence-corrected chi connectivity index (χ2v) is 3.81. The molecule has 0 atom stereocenters. The van der Waals surface area contributed by atoms with Crippen molar-refractivity contribution in [2.24, 2.45) is 5.90 Å². The summed E-state index contributed by atoms with van der Waals surface area (Å²) in [6.45, 7) is 4.81. The normalized spacial score (nSPS) is 22.1. The van der Waals surface area contributed by atoms with Crippen molar-refractivity contribution < 1.29 is 14.7 Å². The van der Waals surface area contributed by atoms with Crippen molar-refractivity contribution in [1.29, 1.82) is 0 Å². The highest BCUT2D eigenvalue weighted by Crippen LogP contribution is 2.28. The van der Waals surface area contributed by atoms with Gasteiger partial charge in [0.05, 0.1) is 6.42 Å². The lowest BCUT2D eigenvalue weighted by atomic mass is 9.88. The molecule has 0 aliphatic carbocycles. The first-order valence-electron chi connectivity index (χ1n) is 4.94. The van der Waals surface area contributed by atoms with E-state index >= 15 is 0 Å². The molecule has 0 radical (unpaired) electrons. The number of carboxylic acid groups (broad SMARTS) is 1. The van der Waals surface area contributed by atoms with Crippen molar-refractivity contribution in [1.82, 2.24) is 4.90 Å². The number of aliphatic carboxylic acids is 1. The van der Waals surface area contributed by atoms with Gasteiger partial charge in [0.15, 0.2) is 0 Å². The summed E-state index contributed by atoms with van der Waals surface area (Å²) in [5.41, 5.74) is -0.641. The Bertz CT molecular complexity index is 200. The van der Waals surface area contributed by atoms with Gasteiger partial charge >= 0.3 is 5.97 Å². The van der Waals surface area contributed by atoms with Gasteiger partial charge in [0.2, 0.25) is 0 Å². The largest absolute Gasteiger partial charge is 0.481 e. The summed E-state index contributed by atoms with van der Waals surface area (Å²) in [7, 11) is 0. The fraction of sp³-hybridized carbons (Fsp3) is 0.889. The van der Waals surface area contributed by atoms with Crippen LogP contribution in [0.15, 0.2) is 0 Å². The van der Waals surface area contributed by atoms with Crippen LogP contribution in [-0.2, 0) is 9.63 Å². The number of hydrogen-bond acceptors (Lipinski definition) is 4. The molecular weight excluding hydrogens is 184 g/mol. The van der Waals surface area contributed by atoms with Crippen LogP contribution < -0.4 is 5.90 Å². The molecule has 0 amide bonds. The molecule has 1 aliphatic rings. The van der Waals surface area contributed by atoms with Gasteiger partial charge in [-0.3, -0.25) is 9.63 Å². The van der Waals surface area contributed by atoms with Gasteiger partial charge in [-0.15, -0.1) is 0 Å². The van der Waals surface area contributed by atoms with Crippen molar-refractivity contribution >= 4 is 5.97 Å². The van der Waals surface area contributed by atoms with E-state index in [1.165, 1.54) is 0 Å². The molecule has 0 aromatic heterocycles. The lowest BCUT2D eigenvalue weighted by Gasteiger charge is -2.38. The fourth-order valence-corrected chi connectivity index (χ4v) is 1.89. The van der Waals surface area contributed by atoms with E-state index in [1.54, 1.807) is 0 Å². The molecule has 0 aromatic rings. The maximum Gasteiger partial charge on any atom is 0.306 e. The van der Waals surface area contributed by atoms with Gasteiger partial charge in [-0.2, -0.15) is 0 Å². The van der Waals surface area contributed by atoms with E-state index in [2.05, 4.69) is 11.8 Å². The summed E-state index contributed by atoms with van der Waals surface area (Å²) in [5.74, 6) is 4.34. The van der Waals surface area contributed by atoms with E-state index in [-0.39, 0.29) is 6.42 Å². The molecular formula is C9H18N2O3. The Hall–Kier alpha value is -0.650. The van der Waals surface area contributed by atoms with Gasteiger partial charge in [0, 0.05) is 13.1 Å². The molecule has 5 heteroatoms. The molecule has 82 valence electrons. The molecule has 0 bridgehead atoms. The average molecular weight is 202 g/mol. The van der Waals surface area contributed by atoms with Crippen LogP contribution in [0.3, 0.4) is 0 Å². The minimum atomic E-state index is -0.847. The second-order valence-electron chi connectivity index (χ2n) is 3.81. The summed E-state index contributed by atoms with van der Waals surface area (Å²) in [6, 6.07) is 0. The number of rotatable bonds is 4. The second kappa shape index (κ2) is 4.72. The van der Waals surface area contributed by atoms with Crippen molar-refractivity contribution in [3.63, 3.8) is 0 Å². The first-order valence-corrected chi connectivity index (χ1v) is 4.94. The van der Waals surface area contributed by atoms with E-state index in [0.717, 1.165) is 19.6 Å². The Kier molecular flexibility index (Phi) is 3.86. The molecule has 0 aromatic carbocycles. The standard InChI is InChI=1S/C9H18N2O3/c1-2-11-5-3-9(14-10,4-6-11)7-8(12)13/h2-7,10H2,1H3,(H,12,13). The van der Waals surface area contributed by atoms with Gasteiger partial charge < -0.3 is 10.0 Å². The minimum absolute atomic E-state index is 0.00105. The Balaban J connectivity index is 2.52. The minimum Gasteiger partial charge on any atom is -0.481 e. The molecule has 0 spiro atoms. The van der Waals surface area contributed by atoms with E-state index in [0.29, 0.717) is 12.8 Å². The van der Waals surface area contributed by atoms with Crippen molar-refractivity contribution in [3.8, 4) is 0 Å². The predicted molar refractivity (Wildman–Crippen MR) is 51.6 cm³/mol. The summed E-state index contributed by atoms with van der Waals surface area (Å²) in [6.07, 6.45) is 1.40. The summed E-state index contributed by atoms with van der Waals surface area (Å²) in [4.78, 5) is 17.8. The molecule has 1 aliphatic heterocycles. The summed E-state index contributed by atoms with van der Waals surface area (Å²) >= 11 is 0. The highest BCUT2D eigenvalue weighted by molar-refractivity contribution is 5.68. The van der Waals surface area contributed by atoms with Crippen molar-refractivity contribution in [2.45, 2.75) is 31.8 Å². The molecule has 1 fully saturated rings. The van der Waals surface area contributed by atoms with Gasteiger partial charge in [-0.1, -0.05) is 6.92 Å². The Morgan fingerprint density at radius 2 is 2.14 bits per heavy atom. The summed E-state index contributed by atoms with van der Waals surface area (Å²) in [5, 5.41) is 8.74. The first-order chi connectivity index (χ1) is 6.62. The topological polar surface area (TPSA) is 75.8 Å². The summed E-state index contributed by atoms with van der Waals surface area (Å²) < 4.78 is 0. The number of likely N-dealkylation sites (tertiary alicyclic amines) is 1. The molecule has 5 nitrogen and oxygen atoms in total. The molecule has 0 saturated carbocycles. The maximum absolute atomic E-state index is 10.6. The van der Waals surface area contributed by atoms with Crippen LogP contribution in [0.25, 0.3) is 0 Å². The van der Waals surface area contributed by atoms with Crippen LogP contribution in [0, 0.1) is 0 Å². The lowest BCUT2D eigenvalue weighted by Crippen LogP contribution is -2.48. The number of nitrogens with zero attached hydrogens (tertiary/aromatic N) is 1. The van der Waals surface area contributed by atoms with E-state index < -0.39 is 11.6 Å². The zero-order valence-corrected chi connectivity index (χ0v) is 8.53. The maximum atomic E-state index is 10.6. The number of nitrogens with two attached hydrogens (primary N) is 1. The number of carboxylic acids is 1. The molecule has 14 heavy (non-hydrogen) atoms. The van der Waals surface area contributed by atoms with Crippen LogP contribution in [-0.4, -0.2) is 41.2 Å². The lowest BCUT2D eigenvalue weighted by molar-refractivity contribution is -0.150. The first kappa shape index (κ1) is 11.4. The van der Waals surface area contributed by atoms with Crippen LogP contribution in [0.1, 0.15) is 26.2 Å². The third-order valence-electron chi connectivity index (χ3n) is 2.94. The quantitative estimate of drug-likeness (QED) is 0.637. The SMILES string of the molecule is CCN1CCC(CC(=O)O)(ON)CC1. The zero-order chi connectivity index (χ0) is 10.6. The number of hydrogen-bond donors (Lipinski definition) is 2. The van der Waals surface area contributed by atoms with Crippen LogP contribution in [0.5, 0.6) is 0 Å². The highest BCUT2D eigenvalue weighted by atomic mass is 16.6. The number of carbonyl (C=O) groups is 1. The van der Waals surface area contributed by atoms with Gasteiger partial charge in [0.1, 0.15) is 5.60 Å². The van der Waals surface area contributed by atoms with Gasteiger partial charge in [0.25, 0.3) is 0 Å². The van der Waals surface area contributed by atoms with E-state index in [1.807, 2.05) is 0 Å². The third-order valence-corrected chi connectivity index (χ3v) is 2.94. The van der Waals surface area contributed by atoms with Crippen molar-refractivity contribution in [2.75, 3.05) is 19.6 Å². The Morgan fingerprint density at radius 3 is 2.50 bits per heavy atom. The highest BCUT2D eigenvalue weighted by Gasteiger charge is 2.37. The van der Waals surface area contributed by atoms with Gasteiger partial charge in [-0.25, -0.2) is 5.90 Å². The smallest absolute Gasteiger partial charge is 0.306 e. The van der Waals surface area contributed by atoms with Gasteiger partial charge in [-0.05, 0) is 19.4 Å². The molecule has 1 saturated heterocycles. The molecule has 1 heterocycles. The monoisotopic (exact) mass is 202 g/mol. The van der Waals surface area contributed by atoms with Crippen LogP contribution >= 0.6 is 0 Å². The zero-order valence-electron chi connectivity index (χ0n) is 8.53. The van der Waals surface area contributed by atoms with E-state index in [4.69, 9.17) is 15.8 Å². The van der Waals surface area contributed by atoms with E-state index in [9.17, 15) is 4.79 Å². The average Bonchev–Trinajstić information content (AvgIpc) is 2.18. The molecule has 3 N–H and O–H groups in total. The Labute approximate surface area is 83.8 Å². The molecule has 0 unspecified atom stereocenters. The molecule has 1 rings (SSSR count). The van der Waals surface area contributed by atoms with Crippen LogP contribution in [0.4, 0.5) is 0 Å². The number of piperidine rings is 1. The van der Waals surface area contributed by atoms with Crippen molar-refractivity contribution in [3.05, 3.63) is 0 Å². The Morgan fingerprint density at radius 1 is 1.57 bits per heavy atom.